The summed E-state index contributed by atoms with van der Waals surface area (Å²) in [4.78, 5) is -0.0145. The third-order valence-corrected chi connectivity index (χ3v) is 4.88. The maximum absolute atomic E-state index is 12.0. The van der Waals surface area contributed by atoms with Gasteiger partial charge in [-0.1, -0.05) is 19.1 Å². The number of nitrogens with two attached hydrogens (primary N) is 1. The van der Waals surface area contributed by atoms with E-state index >= 15 is 0 Å². The van der Waals surface area contributed by atoms with Gasteiger partial charge >= 0.3 is 0 Å². The van der Waals surface area contributed by atoms with Crippen molar-refractivity contribution in [2.24, 2.45) is 5.73 Å². The predicted molar refractivity (Wildman–Crippen MR) is 69.9 cm³/mol. The van der Waals surface area contributed by atoms with Crippen molar-refractivity contribution in [3.05, 3.63) is 18.0 Å². The van der Waals surface area contributed by atoms with Crippen LogP contribution in [0, 0.1) is 0 Å². The third-order valence-electron chi connectivity index (χ3n) is 2.42. The van der Waals surface area contributed by atoms with Crippen molar-refractivity contribution >= 4 is 27.2 Å². The lowest BCUT2D eigenvalue weighted by Crippen LogP contribution is -2.42. The molecule has 1 heterocycles. The fourth-order valence-corrected chi connectivity index (χ4v) is 3.55. The first kappa shape index (κ1) is 14.1. The molecule has 8 heteroatoms. The summed E-state index contributed by atoms with van der Waals surface area (Å²) in [6.45, 7) is 3.46. The van der Waals surface area contributed by atoms with Crippen molar-refractivity contribution in [1.82, 2.24) is 14.9 Å². The first-order chi connectivity index (χ1) is 7.88. The fourth-order valence-electron chi connectivity index (χ4n) is 1.47. The van der Waals surface area contributed by atoms with E-state index in [-0.39, 0.29) is 11.0 Å². The molecule has 2 atom stereocenters. The Kier molecular flexibility index (Phi) is 4.61. The number of H-pyrrole nitrogens is 1. The molecule has 6 nitrogen and oxygen atoms in total. The van der Waals surface area contributed by atoms with Gasteiger partial charge in [0, 0.05) is 17.8 Å². The Balaban J connectivity index is 2.83. The molecular weight excluding hydrogens is 260 g/mol. The van der Waals surface area contributed by atoms with Gasteiger partial charge in [0.25, 0.3) is 0 Å². The van der Waals surface area contributed by atoms with Crippen molar-refractivity contribution < 1.29 is 8.42 Å². The van der Waals surface area contributed by atoms with Crippen molar-refractivity contribution in [2.45, 2.75) is 31.6 Å². The minimum absolute atomic E-state index is 0.0145. The number of nitrogens with zero attached hydrogens (tertiary/aromatic N) is 1. The summed E-state index contributed by atoms with van der Waals surface area (Å²) in [5.41, 5.74) is 6.18. The molecule has 0 aliphatic rings. The number of hydrogen-bond acceptors (Lipinski definition) is 4. The maximum Gasteiger partial charge on any atom is 0.221 e. The number of rotatable bonds is 6. The molecule has 1 rings (SSSR count). The van der Waals surface area contributed by atoms with Gasteiger partial charge in [-0.25, -0.2) is 13.1 Å². The zero-order valence-corrected chi connectivity index (χ0v) is 11.3. The van der Waals surface area contributed by atoms with Crippen LogP contribution in [0.3, 0.4) is 0 Å². The van der Waals surface area contributed by atoms with E-state index in [4.69, 9.17) is 18.0 Å². The summed E-state index contributed by atoms with van der Waals surface area (Å²) in [6, 6.07) is -0.373. The van der Waals surface area contributed by atoms with Crippen LogP contribution >= 0.6 is 12.2 Å². The van der Waals surface area contributed by atoms with Gasteiger partial charge in [-0.3, -0.25) is 5.10 Å². The number of nitrogens with one attached hydrogen (secondary N) is 2. The molecule has 4 N–H and O–H groups in total. The van der Waals surface area contributed by atoms with E-state index in [1.165, 1.54) is 0 Å². The Labute approximate surface area is 106 Å². The van der Waals surface area contributed by atoms with Gasteiger partial charge in [0.15, 0.2) is 0 Å². The minimum atomic E-state index is -3.55. The smallest absolute Gasteiger partial charge is 0.221 e. The van der Waals surface area contributed by atoms with Crippen LogP contribution in [0.25, 0.3) is 0 Å². The van der Waals surface area contributed by atoms with Crippen molar-refractivity contribution in [1.29, 1.82) is 0 Å². The molecule has 0 bridgehead atoms. The summed E-state index contributed by atoms with van der Waals surface area (Å²) in [6.07, 6.45) is 3.55. The zero-order chi connectivity index (χ0) is 13.1. The number of aromatic nitrogens is 2. The highest BCUT2D eigenvalue weighted by Gasteiger charge is 2.28. The van der Waals surface area contributed by atoms with E-state index in [0.717, 1.165) is 5.56 Å². The Bertz CT molecular complexity index is 469. The van der Waals surface area contributed by atoms with E-state index in [1.54, 1.807) is 26.2 Å². The number of hydrogen-bond donors (Lipinski definition) is 3. The molecule has 0 amide bonds. The highest BCUT2D eigenvalue weighted by molar-refractivity contribution is 7.93. The van der Waals surface area contributed by atoms with Crippen LogP contribution in [-0.4, -0.2) is 28.9 Å². The second-order valence-corrected chi connectivity index (χ2v) is 6.08. The second kappa shape index (κ2) is 5.56. The average molecular weight is 276 g/mol. The Morgan fingerprint density at radius 1 is 1.71 bits per heavy atom. The molecule has 0 saturated carbocycles. The molecule has 0 spiro atoms. The van der Waals surface area contributed by atoms with Crippen LogP contribution in [0.1, 0.15) is 31.9 Å². The largest absolute Gasteiger partial charge is 0.392 e. The second-order valence-electron chi connectivity index (χ2n) is 3.72. The highest BCUT2D eigenvalue weighted by atomic mass is 32.2. The van der Waals surface area contributed by atoms with E-state index in [1.807, 2.05) is 0 Å². The molecule has 96 valence electrons. The Morgan fingerprint density at radius 3 is 2.76 bits per heavy atom. The van der Waals surface area contributed by atoms with Crippen LogP contribution in [0.5, 0.6) is 0 Å². The first-order valence-corrected chi connectivity index (χ1v) is 7.13. The van der Waals surface area contributed by atoms with E-state index in [2.05, 4.69) is 14.9 Å². The summed E-state index contributed by atoms with van der Waals surface area (Å²) < 4.78 is 26.5. The molecule has 0 fully saturated rings. The topological polar surface area (TPSA) is 101 Å². The van der Waals surface area contributed by atoms with Gasteiger partial charge in [-0.05, 0) is 13.3 Å². The summed E-state index contributed by atoms with van der Waals surface area (Å²) in [5.74, 6) is 0. The minimum Gasteiger partial charge on any atom is -0.392 e. The fraction of sp³-hybridized carbons (Fsp3) is 0.556. The molecule has 2 unspecified atom stereocenters. The molecule has 0 saturated heterocycles. The predicted octanol–water partition coefficient (Wildman–Crippen LogP) is 0.455. The lowest BCUT2D eigenvalue weighted by atomic mass is 10.2. The highest BCUT2D eigenvalue weighted by Crippen LogP contribution is 2.14. The van der Waals surface area contributed by atoms with Crippen LogP contribution in [0.2, 0.25) is 0 Å². The number of sulfonamides is 1. The van der Waals surface area contributed by atoms with Crippen LogP contribution in [0.15, 0.2) is 12.4 Å². The third kappa shape index (κ3) is 3.48. The van der Waals surface area contributed by atoms with Gasteiger partial charge in [0.05, 0.1) is 11.2 Å². The van der Waals surface area contributed by atoms with E-state index in [0.29, 0.717) is 6.42 Å². The Morgan fingerprint density at radius 2 is 2.35 bits per heavy atom. The molecule has 0 aliphatic carbocycles. The van der Waals surface area contributed by atoms with Crippen LogP contribution in [-0.2, 0) is 10.0 Å². The zero-order valence-electron chi connectivity index (χ0n) is 9.67. The van der Waals surface area contributed by atoms with Crippen molar-refractivity contribution in [3.63, 3.8) is 0 Å². The quantitative estimate of drug-likeness (QED) is 0.655. The van der Waals surface area contributed by atoms with Crippen LogP contribution < -0.4 is 10.5 Å². The number of thiocarbonyl (C=S) groups is 1. The van der Waals surface area contributed by atoms with E-state index < -0.39 is 15.3 Å². The summed E-state index contributed by atoms with van der Waals surface area (Å²) >= 11 is 4.76. The first-order valence-electron chi connectivity index (χ1n) is 5.17. The molecule has 0 aromatic carbocycles. The summed E-state index contributed by atoms with van der Waals surface area (Å²) in [5, 5.41) is 5.55. The lowest BCUT2D eigenvalue weighted by molar-refractivity contribution is 0.560. The van der Waals surface area contributed by atoms with Gasteiger partial charge < -0.3 is 5.73 Å². The van der Waals surface area contributed by atoms with Crippen molar-refractivity contribution in [2.75, 3.05) is 0 Å². The molecule has 17 heavy (non-hydrogen) atoms. The molecule has 0 aliphatic heterocycles. The summed E-state index contributed by atoms with van der Waals surface area (Å²) in [7, 11) is -3.55. The van der Waals surface area contributed by atoms with Gasteiger partial charge in [-0.15, -0.1) is 0 Å². The Hall–Kier alpha value is -0.990. The van der Waals surface area contributed by atoms with Crippen molar-refractivity contribution in [3.8, 4) is 0 Å². The maximum atomic E-state index is 12.0. The SMILES string of the molecule is CCC(C(N)=S)S(=O)(=O)NC(C)c1cn[nH]c1. The monoisotopic (exact) mass is 276 g/mol. The molecule has 1 aromatic rings. The molecule has 1 aromatic heterocycles. The van der Waals surface area contributed by atoms with Gasteiger partial charge in [0.1, 0.15) is 5.25 Å². The molecular formula is C9H16N4O2S2. The van der Waals surface area contributed by atoms with Gasteiger partial charge in [0.2, 0.25) is 10.0 Å². The van der Waals surface area contributed by atoms with E-state index in [9.17, 15) is 8.42 Å². The standard InChI is InChI=1S/C9H16N4O2S2/c1-3-8(9(10)16)17(14,15)13-6(2)7-4-11-12-5-7/h4-6,8,13H,3H2,1-2H3,(H2,10,16)(H,11,12). The van der Waals surface area contributed by atoms with Crippen LogP contribution in [0.4, 0.5) is 0 Å². The average Bonchev–Trinajstić information content (AvgIpc) is 2.68. The lowest BCUT2D eigenvalue weighted by Gasteiger charge is -2.18. The molecule has 0 radical (unpaired) electrons. The number of aromatic amines is 1. The van der Waals surface area contributed by atoms with Gasteiger partial charge in [-0.2, -0.15) is 5.10 Å². The normalized spacial score (nSPS) is 15.4.